The Kier molecular flexibility index (Phi) is 6.86. The normalized spacial score (nSPS) is 13.7. The van der Waals surface area contributed by atoms with Crippen molar-refractivity contribution in [3.63, 3.8) is 0 Å². The zero-order valence-electron chi connectivity index (χ0n) is 21.3. The molecule has 1 aliphatic heterocycles. The minimum Gasteiger partial charge on any atom is -0.365 e. The van der Waals surface area contributed by atoms with E-state index in [9.17, 15) is 4.79 Å². The molecule has 0 fully saturated rings. The molecule has 0 radical (unpaired) electrons. The summed E-state index contributed by atoms with van der Waals surface area (Å²) in [4.78, 5) is 20.4. The zero-order chi connectivity index (χ0) is 25.1. The molecule has 5 rings (SSSR count). The maximum Gasteiger partial charge on any atom is 0.225 e. The summed E-state index contributed by atoms with van der Waals surface area (Å²) in [6, 6.07) is 27.0. The van der Waals surface area contributed by atoms with Crippen LogP contribution in [0.25, 0.3) is 0 Å². The van der Waals surface area contributed by atoms with Gasteiger partial charge < -0.3 is 10.2 Å². The van der Waals surface area contributed by atoms with Crippen molar-refractivity contribution in [3.8, 4) is 0 Å². The topological polar surface area (TPSA) is 45.2 Å². The number of carbonyl (C=O) groups is 1. The Morgan fingerprint density at radius 2 is 1.81 bits per heavy atom. The molecule has 36 heavy (non-hydrogen) atoms. The van der Waals surface area contributed by atoms with Gasteiger partial charge in [-0.2, -0.15) is 0 Å². The highest BCUT2D eigenvalue weighted by Crippen LogP contribution is 2.29. The molecule has 3 aromatic carbocycles. The third-order valence-corrected chi connectivity index (χ3v) is 7.22. The summed E-state index contributed by atoms with van der Waals surface area (Å²) < 4.78 is 0. The predicted molar refractivity (Wildman–Crippen MR) is 146 cm³/mol. The molecule has 4 nitrogen and oxygen atoms in total. The van der Waals surface area contributed by atoms with Crippen LogP contribution >= 0.6 is 0 Å². The molecule has 1 aliphatic rings. The van der Waals surface area contributed by atoms with E-state index < -0.39 is 0 Å². The van der Waals surface area contributed by atoms with Gasteiger partial charge in [-0.1, -0.05) is 72.3 Å². The molecular formula is C32H33N3O. The van der Waals surface area contributed by atoms with E-state index in [2.05, 4.69) is 90.6 Å². The second-order valence-corrected chi connectivity index (χ2v) is 9.78. The standard InChI is InChI=1S/C32H33N3O/c1-22-14-15-28(23(2)19-22)32(26-9-5-4-6-10-26)34-31(36)20-27-12-7-11-25-16-18-35(21-29(25)27)30-13-8-17-33-24(30)3/h4-15,17,19,32H,16,18,20-21H2,1-3H3,(H,34,36). The van der Waals surface area contributed by atoms with Gasteiger partial charge in [-0.15, -0.1) is 0 Å². The first-order valence-electron chi connectivity index (χ1n) is 12.7. The zero-order valence-corrected chi connectivity index (χ0v) is 21.3. The number of aryl methyl sites for hydroxylation is 3. The Labute approximate surface area is 214 Å². The molecule has 1 amide bonds. The molecule has 4 aromatic rings. The van der Waals surface area contributed by atoms with Gasteiger partial charge in [0.2, 0.25) is 5.91 Å². The van der Waals surface area contributed by atoms with E-state index in [1.165, 1.54) is 27.9 Å². The lowest BCUT2D eigenvalue weighted by atomic mass is 9.91. The first kappa shape index (κ1) is 23.8. The third-order valence-electron chi connectivity index (χ3n) is 7.22. The maximum absolute atomic E-state index is 13.5. The molecule has 0 bridgehead atoms. The molecular weight excluding hydrogens is 442 g/mol. The summed E-state index contributed by atoms with van der Waals surface area (Å²) in [7, 11) is 0. The number of hydrogen-bond donors (Lipinski definition) is 1. The second-order valence-electron chi connectivity index (χ2n) is 9.78. The number of anilines is 1. The largest absolute Gasteiger partial charge is 0.365 e. The fourth-order valence-electron chi connectivity index (χ4n) is 5.35. The Hall–Kier alpha value is -3.92. The maximum atomic E-state index is 13.5. The van der Waals surface area contributed by atoms with Crippen molar-refractivity contribution < 1.29 is 4.79 Å². The van der Waals surface area contributed by atoms with Crippen LogP contribution in [0.4, 0.5) is 5.69 Å². The number of benzene rings is 3. The predicted octanol–water partition coefficient (Wildman–Crippen LogP) is 6.02. The van der Waals surface area contributed by atoms with E-state index in [0.717, 1.165) is 41.9 Å². The van der Waals surface area contributed by atoms with Crippen LogP contribution in [0.2, 0.25) is 0 Å². The van der Waals surface area contributed by atoms with Crippen LogP contribution in [0.5, 0.6) is 0 Å². The number of amides is 1. The van der Waals surface area contributed by atoms with Crippen LogP contribution in [0.15, 0.2) is 85.1 Å². The minimum absolute atomic E-state index is 0.0342. The van der Waals surface area contributed by atoms with Crippen LogP contribution in [-0.2, 0) is 24.2 Å². The van der Waals surface area contributed by atoms with Crippen molar-refractivity contribution in [2.45, 2.75) is 46.2 Å². The number of aromatic nitrogens is 1. The first-order chi connectivity index (χ1) is 17.5. The van der Waals surface area contributed by atoms with Crippen molar-refractivity contribution in [3.05, 3.63) is 130 Å². The SMILES string of the molecule is Cc1ccc(C(NC(=O)Cc2cccc3c2CN(c2cccnc2C)CC3)c2ccccc2)c(C)c1. The van der Waals surface area contributed by atoms with E-state index in [1.54, 1.807) is 0 Å². The molecule has 182 valence electrons. The number of carbonyl (C=O) groups excluding carboxylic acids is 1. The van der Waals surface area contributed by atoms with E-state index in [-0.39, 0.29) is 11.9 Å². The van der Waals surface area contributed by atoms with Gasteiger partial charge in [0, 0.05) is 19.3 Å². The Morgan fingerprint density at radius 3 is 2.58 bits per heavy atom. The lowest BCUT2D eigenvalue weighted by molar-refractivity contribution is -0.120. The summed E-state index contributed by atoms with van der Waals surface area (Å²) in [6.07, 6.45) is 3.16. The summed E-state index contributed by atoms with van der Waals surface area (Å²) in [6.45, 7) is 8.03. The van der Waals surface area contributed by atoms with Crippen molar-refractivity contribution in [1.82, 2.24) is 10.3 Å². The Morgan fingerprint density at radius 1 is 0.972 bits per heavy atom. The van der Waals surface area contributed by atoms with E-state index in [4.69, 9.17) is 0 Å². The van der Waals surface area contributed by atoms with E-state index >= 15 is 0 Å². The van der Waals surface area contributed by atoms with Gasteiger partial charge in [-0.05, 0) is 72.7 Å². The van der Waals surface area contributed by atoms with Crippen LogP contribution < -0.4 is 10.2 Å². The van der Waals surface area contributed by atoms with Gasteiger partial charge in [0.05, 0.1) is 23.8 Å². The summed E-state index contributed by atoms with van der Waals surface area (Å²) >= 11 is 0. The second kappa shape index (κ2) is 10.4. The van der Waals surface area contributed by atoms with Gasteiger partial charge in [0.15, 0.2) is 0 Å². The highest BCUT2D eigenvalue weighted by Gasteiger charge is 2.23. The van der Waals surface area contributed by atoms with E-state index in [0.29, 0.717) is 6.42 Å². The minimum atomic E-state index is -0.187. The van der Waals surface area contributed by atoms with Gasteiger partial charge in [-0.25, -0.2) is 0 Å². The van der Waals surface area contributed by atoms with Crippen molar-refractivity contribution in [2.24, 2.45) is 0 Å². The van der Waals surface area contributed by atoms with Gasteiger partial charge >= 0.3 is 0 Å². The molecule has 4 heteroatoms. The molecule has 0 saturated heterocycles. The molecule has 0 saturated carbocycles. The van der Waals surface area contributed by atoms with Crippen LogP contribution in [0, 0.1) is 20.8 Å². The number of nitrogens with one attached hydrogen (secondary N) is 1. The van der Waals surface area contributed by atoms with E-state index in [1.807, 2.05) is 30.5 Å². The first-order valence-corrected chi connectivity index (χ1v) is 12.7. The summed E-state index contributed by atoms with van der Waals surface area (Å²) in [5.41, 5.74) is 10.5. The van der Waals surface area contributed by atoms with Gasteiger partial charge in [-0.3, -0.25) is 9.78 Å². The third kappa shape index (κ3) is 5.03. The molecule has 1 aromatic heterocycles. The molecule has 0 aliphatic carbocycles. The number of pyridine rings is 1. The molecule has 2 heterocycles. The Bertz CT molecular complexity index is 1380. The van der Waals surface area contributed by atoms with Crippen molar-refractivity contribution in [2.75, 3.05) is 11.4 Å². The quantitative estimate of drug-likeness (QED) is 0.371. The number of rotatable bonds is 6. The highest BCUT2D eigenvalue weighted by molar-refractivity contribution is 5.80. The van der Waals surface area contributed by atoms with Crippen molar-refractivity contribution in [1.29, 1.82) is 0 Å². The lowest BCUT2D eigenvalue weighted by Gasteiger charge is -2.33. The van der Waals surface area contributed by atoms with Gasteiger partial charge in [0.1, 0.15) is 0 Å². The monoisotopic (exact) mass is 475 g/mol. The highest BCUT2D eigenvalue weighted by atomic mass is 16.1. The fraction of sp³-hybridized carbons (Fsp3) is 0.250. The number of hydrogen-bond acceptors (Lipinski definition) is 3. The van der Waals surface area contributed by atoms with Crippen LogP contribution in [-0.4, -0.2) is 17.4 Å². The lowest BCUT2D eigenvalue weighted by Crippen LogP contribution is -2.34. The van der Waals surface area contributed by atoms with Gasteiger partial charge in [0.25, 0.3) is 0 Å². The smallest absolute Gasteiger partial charge is 0.225 e. The molecule has 1 unspecified atom stereocenters. The van der Waals surface area contributed by atoms with Crippen molar-refractivity contribution >= 4 is 11.6 Å². The summed E-state index contributed by atoms with van der Waals surface area (Å²) in [5.74, 6) is 0.0342. The number of fused-ring (bicyclic) bond motifs is 1. The summed E-state index contributed by atoms with van der Waals surface area (Å²) in [5, 5.41) is 3.35. The van der Waals surface area contributed by atoms with Crippen LogP contribution in [0.3, 0.4) is 0 Å². The molecule has 1 atom stereocenters. The van der Waals surface area contributed by atoms with Crippen LogP contribution in [0.1, 0.15) is 50.7 Å². The fourth-order valence-corrected chi connectivity index (χ4v) is 5.35. The molecule has 0 spiro atoms. The average Bonchev–Trinajstić information content (AvgIpc) is 2.88. The average molecular weight is 476 g/mol. The Balaban J connectivity index is 1.40. The molecule has 1 N–H and O–H groups in total. The number of nitrogens with zero attached hydrogens (tertiary/aromatic N) is 2.